The fourth-order valence-corrected chi connectivity index (χ4v) is 4.50. The molecule has 0 saturated carbocycles. The minimum Gasteiger partial charge on any atom is -0.368 e. The minimum atomic E-state index is -0.421. The van der Waals surface area contributed by atoms with Crippen molar-refractivity contribution in [2.45, 2.75) is 46.6 Å². The summed E-state index contributed by atoms with van der Waals surface area (Å²) in [6.07, 6.45) is 2.77. The number of aromatic amines is 1. The van der Waals surface area contributed by atoms with Crippen LogP contribution in [0.15, 0.2) is 46.0 Å². The van der Waals surface area contributed by atoms with Crippen molar-refractivity contribution in [1.29, 1.82) is 0 Å². The van der Waals surface area contributed by atoms with Gasteiger partial charge in [0.15, 0.2) is 0 Å². The third-order valence-corrected chi connectivity index (χ3v) is 6.49. The predicted molar refractivity (Wildman–Crippen MR) is 132 cm³/mol. The van der Waals surface area contributed by atoms with Gasteiger partial charge in [-0.25, -0.2) is 4.79 Å². The van der Waals surface area contributed by atoms with Crippen LogP contribution in [-0.2, 0) is 6.54 Å². The molecule has 7 heteroatoms. The highest BCUT2D eigenvalue weighted by Gasteiger charge is 2.23. The molecule has 7 nitrogen and oxygen atoms in total. The van der Waals surface area contributed by atoms with Gasteiger partial charge in [-0.1, -0.05) is 31.9 Å². The molecule has 0 unspecified atom stereocenters. The molecule has 0 atom stereocenters. The van der Waals surface area contributed by atoms with E-state index in [1.54, 1.807) is 18.2 Å². The van der Waals surface area contributed by atoms with E-state index in [0.29, 0.717) is 36.1 Å². The van der Waals surface area contributed by atoms with Crippen LogP contribution in [-0.4, -0.2) is 46.5 Å². The van der Waals surface area contributed by atoms with E-state index in [4.69, 9.17) is 0 Å². The van der Waals surface area contributed by atoms with Crippen LogP contribution in [0.1, 0.15) is 47.7 Å². The van der Waals surface area contributed by atoms with Gasteiger partial charge in [0, 0.05) is 44.0 Å². The SMILES string of the molecule is CCCCCn1c(=O)[nH]c2cc(C(=O)N3CCN(c4cc(C)ccc4C)CC3)ccc2c1=O. The number of fused-ring (bicyclic) bond motifs is 1. The first kappa shape index (κ1) is 22.8. The molecule has 1 saturated heterocycles. The van der Waals surface area contributed by atoms with Gasteiger partial charge in [-0.3, -0.25) is 14.2 Å². The largest absolute Gasteiger partial charge is 0.368 e. The molecular formula is C26H32N4O3. The maximum atomic E-state index is 13.2. The van der Waals surface area contributed by atoms with Crippen molar-refractivity contribution in [2.24, 2.45) is 0 Å². The topological polar surface area (TPSA) is 78.4 Å². The fraction of sp³-hybridized carbons (Fsp3) is 0.423. The minimum absolute atomic E-state index is 0.0783. The molecule has 1 fully saturated rings. The molecule has 33 heavy (non-hydrogen) atoms. The lowest BCUT2D eigenvalue weighted by Crippen LogP contribution is -2.49. The number of rotatable bonds is 6. The summed E-state index contributed by atoms with van der Waals surface area (Å²) in [7, 11) is 0. The van der Waals surface area contributed by atoms with Gasteiger partial charge in [0.25, 0.3) is 11.5 Å². The third-order valence-electron chi connectivity index (χ3n) is 6.49. The smallest absolute Gasteiger partial charge is 0.328 e. The van der Waals surface area contributed by atoms with Gasteiger partial charge >= 0.3 is 5.69 Å². The lowest BCUT2D eigenvalue weighted by Gasteiger charge is -2.37. The number of unbranched alkanes of at least 4 members (excludes halogenated alkanes) is 2. The molecule has 0 radical (unpaired) electrons. The number of hydrogen-bond acceptors (Lipinski definition) is 4. The Labute approximate surface area is 193 Å². The number of carbonyl (C=O) groups excluding carboxylic acids is 1. The van der Waals surface area contributed by atoms with Crippen molar-refractivity contribution in [1.82, 2.24) is 14.5 Å². The number of aryl methyl sites for hydroxylation is 2. The molecule has 1 aliphatic heterocycles. The molecule has 2 heterocycles. The van der Waals surface area contributed by atoms with Crippen LogP contribution in [0.2, 0.25) is 0 Å². The molecule has 4 rings (SSSR count). The Hall–Kier alpha value is -3.35. The second-order valence-corrected chi connectivity index (χ2v) is 8.92. The number of carbonyl (C=O) groups is 1. The van der Waals surface area contributed by atoms with Crippen molar-refractivity contribution in [3.05, 3.63) is 73.9 Å². The van der Waals surface area contributed by atoms with Crippen LogP contribution < -0.4 is 16.1 Å². The molecule has 0 aliphatic carbocycles. The number of anilines is 1. The Morgan fingerprint density at radius 2 is 1.73 bits per heavy atom. The average Bonchev–Trinajstić information content (AvgIpc) is 2.82. The summed E-state index contributed by atoms with van der Waals surface area (Å²) in [5, 5.41) is 0.433. The van der Waals surface area contributed by atoms with Gasteiger partial charge in [0.2, 0.25) is 0 Å². The summed E-state index contributed by atoms with van der Waals surface area (Å²) in [6, 6.07) is 11.4. The molecular weight excluding hydrogens is 416 g/mol. The maximum absolute atomic E-state index is 13.2. The van der Waals surface area contributed by atoms with E-state index in [9.17, 15) is 14.4 Å². The van der Waals surface area contributed by atoms with E-state index in [1.807, 2.05) is 4.90 Å². The molecule has 1 aliphatic rings. The van der Waals surface area contributed by atoms with Crippen LogP contribution in [0, 0.1) is 13.8 Å². The fourth-order valence-electron chi connectivity index (χ4n) is 4.50. The van der Waals surface area contributed by atoms with E-state index < -0.39 is 5.69 Å². The Balaban J connectivity index is 1.50. The number of H-pyrrole nitrogens is 1. The molecule has 0 spiro atoms. The Morgan fingerprint density at radius 3 is 2.45 bits per heavy atom. The number of nitrogens with zero attached hydrogens (tertiary/aromatic N) is 3. The number of aromatic nitrogens is 2. The van der Waals surface area contributed by atoms with Gasteiger partial charge in [-0.05, 0) is 55.7 Å². The number of benzene rings is 2. The summed E-state index contributed by atoms with van der Waals surface area (Å²) < 4.78 is 1.26. The molecule has 1 N–H and O–H groups in total. The van der Waals surface area contributed by atoms with Gasteiger partial charge in [0.1, 0.15) is 0 Å². The molecule has 2 aromatic carbocycles. The van der Waals surface area contributed by atoms with E-state index >= 15 is 0 Å². The summed E-state index contributed by atoms with van der Waals surface area (Å²) in [5.74, 6) is -0.0783. The van der Waals surface area contributed by atoms with Crippen LogP contribution >= 0.6 is 0 Å². The van der Waals surface area contributed by atoms with Crippen LogP contribution in [0.3, 0.4) is 0 Å². The normalized spacial score (nSPS) is 14.2. The lowest BCUT2D eigenvalue weighted by molar-refractivity contribution is 0.0747. The average molecular weight is 449 g/mol. The van der Waals surface area contributed by atoms with Gasteiger partial charge in [-0.2, -0.15) is 0 Å². The first-order valence-corrected chi connectivity index (χ1v) is 11.8. The van der Waals surface area contributed by atoms with E-state index in [1.165, 1.54) is 21.4 Å². The summed E-state index contributed by atoms with van der Waals surface area (Å²) in [5.41, 5.74) is 3.86. The monoisotopic (exact) mass is 448 g/mol. The molecule has 174 valence electrons. The first-order valence-electron chi connectivity index (χ1n) is 11.8. The van der Waals surface area contributed by atoms with E-state index in [2.05, 4.69) is 48.9 Å². The highest BCUT2D eigenvalue weighted by atomic mass is 16.2. The van der Waals surface area contributed by atoms with Crippen molar-refractivity contribution in [3.63, 3.8) is 0 Å². The summed E-state index contributed by atoms with van der Waals surface area (Å²) >= 11 is 0. The van der Waals surface area contributed by atoms with Crippen LogP contribution in [0.25, 0.3) is 10.9 Å². The zero-order chi connectivity index (χ0) is 23.5. The van der Waals surface area contributed by atoms with E-state index in [-0.39, 0.29) is 11.5 Å². The zero-order valence-corrected chi connectivity index (χ0v) is 19.7. The number of piperazine rings is 1. The Bertz CT molecular complexity index is 1280. The zero-order valence-electron chi connectivity index (χ0n) is 19.7. The first-order chi connectivity index (χ1) is 15.9. The van der Waals surface area contributed by atoms with Crippen molar-refractivity contribution in [2.75, 3.05) is 31.1 Å². The number of nitrogens with one attached hydrogen (secondary N) is 1. The van der Waals surface area contributed by atoms with Crippen molar-refractivity contribution >= 4 is 22.5 Å². The summed E-state index contributed by atoms with van der Waals surface area (Å²) in [4.78, 5) is 45.4. The highest BCUT2D eigenvalue weighted by molar-refractivity contribution is 5.97. The third kappa shape index (κ3) is 4.72. The Morgan fingerprint density at radius 1 is 0.970 bits per heavy atom. The van der Waals surface area contributed by atoms with Crippen LogP contribution in [0.4, 0.5) is 5.69 Å². The molecule has 3 aromatic rings. The molecule has 1 aromatic heterocycles. The summed E-state index contributed by atoms with van der Waals surface area (Å²) in [6.45, 7) is 9.47. The highest BCUT2D eigenvalue weighted by Crippen LogP contribution is 2.23. The second-order valence-electron chi connectivity index (χ2n) is 8.92. The van der Waals surface area contributed by atoms with E-state index in [0.717, 1.165) is 32.4 Å². The van der Waals surface area contributed by atoms with Crippen molar-refractivity contribution < 1.29 is 4.79 Å². The number of hydrogen-bond donors (Lipinski definition) is 1. The molecule has 0 bridgehead atoms. The maximum Gasteiger partial charge on any atom is 0.328 e. The Kier molecular flexibility index (Phi) is 6.67. The van der Waals surface area contributed by atoms with Gasteiger partial charge < -0.3 is 14.8 Å². The van der Waals surface area contributed by atoms with Crippen LogP contribution in [0.5, 0.6) is 0 Å². The van der Waals surface area contributed by atoms with Gasteiger partial charge in [-0.15, -0.1) is 0 Å². The lowest BCUT2D eigenvalue weighted by atomic mass is 10.1. The molecule has 1 amide bonds. The predicted octanol–water partition coefficient (Wildman–Crippen LogP) is 3.46. The number of amides is 1. The standard InChI is InChI=1S/C26H32N4O3/c1-4-5-6-11-30-25(32)21-10-9-20(17-22(21)27-26(30)33)24(31)29-14-12-28(13-15-29)23-16-18(2)7-8-19(23)3/h7-10,16-17H,4-6,11-15H2,1-3H3,(H,27,33). The second kappa shape index (κ2) is 9.65. The van der Waals surface area contributed by atoms with Gasteiger partial charge in [0.05, 0.1) is 10.9 Å². The quantitative estimate of drug-likeness (QED) is 0.586. The van der Waals surface area contributed by atoms with Crippen molar-refractivity contribution in [3.8, 4) is 0 Å².